The van der Waals surface area contributed by atoms with E-state index >= 15 is 0 Å². The molecule has 0 atom stereocenters. The van der Waals surface area contributed by atoms with Gasteiger partial charge < -0.3 is 16.0 Å². The number of fused-ring (bicyclic) bond motifs is 1. The van der Waals surface area contributed by atoms with E-state index < -0.39 is 0 Å². The molecule has 6 heteroatoms. The number of anilines is 3. The van der Waals surface area contributed by atoms with Crippen molar-refractivity contribution in [1.82, 2.24) is 4.98 Å². The van der Waals surface area contributed by atoms with Crippen LogP contribution in [0.25, 0.3) is 0 Å². The summed E-state index contributed by atoms with van der Waals surface area (Å²) in [6, 6.07) is 5.89. The molecule has 1 aliphatic heterocycles. The Morgan fingerprint density at radius 2 is 2.38 bits per heavy atom. The maximum Gasteiger partial charge on any atom is 0.245 e. The number of hydrogen-bond donors (Lipinski definition) is 2. The second-order valence-electron chi connectivity index (χ2n) is 5.21. The van der Waals surface area contributed by atoms with Gasteiger partial charge in [-0.1, -0.05) is 6.07 Å². The van der Waals surface area contributed by atoms with Crippen molar-refractivity contribution >= 4 is 33.8 Å². The van der Waals surface area contributed by atoms with Crippen molar-refractivity contribution in [3.05, 3.63) is 34.8 Å². The lowest BCUT2D eigenvalue weighted by Crippen LogP contribution is -2.37. The van der Waals surface area contributed by atoms with Crippen molar-refractivity contribution in [3.63, 3.8) is 0 Å². The number of rotatable bonds is 3. The van der Waals surface area contributed by atoms with Crippen LogP contribution >= 0.6 is 11.3 Å². The molecule has 1 aliphatic rings. The van der Waals surface area contributed by atoms with E-state index in [-0.39, 0.29) is 5.91 Å². The maximum atomic E-state index is 12.2. The quantitative estimate of drug-likeness (QED) is 0.854. The SMILES string of the molecule is Cc1csc(NC(=O)CN2CCCc3c(N)cccc32)n1. The molecule has 0 aliphatic carbocycles. The molecule has 0 saturated carbocycles. The predicted octanol–water partition coefficient (Wildman–Crippen LogP) is 2.43. The highest BCUT2D eigenvalue weighted by atomic mass is 32.1. The van der Waals surface area contributed by atoms with E-state index in [2.05, 4.69) is 15.2 Å². The summed E-state index contributed by atoms with van der Waals surface area (Å²) in [6.07, 6.45) is 2.00. The Bertz CT molecular complexity index is 667. The number of carbonyl (C=O) groups is 1. The molecule has 110 valence electrons. The van der Waals surface area contributed by atoms with E-state index in [1.165, 1.54) is 11.3 Å². The first-order valence-electron chi connectivity index (χ1n) is 6.98. The first-order valence-corrected chi connectivity index (χ1v) is 7.86. The average molecular weight is 302 g/mol. The molecule has 3 N–H and O–H groups in total. The number of aromatic nitrogens is 1. The lowest BCUT2D eigenvalue weighted by atomic mass is 10.00. The highest BCUT2D eigenvalue weighted by Gasteiger charge is 2.20. The van der Waals surface area contributed by atoms with Crippen molar-refractivity contribution in [2.24, 2.45) is 0 Å². The molecule has 2 aromatic rings. The summed E-state index contributed by atoms with van der Waals surface area (Å²) in [7, 11) is 0. The fraction of sp³-hybridized carbons (Fsp3) is 0.333. The average Bonchev–Trinajstić information content (AvgIpc) is 2.85. The zero-order valence-corrected chi connectivity index (χ0v) is 12.7. The van der Waals surface area contributed by atoms with E-state index in [9.17, 15) is 4.79 Å². The van der Waals surface area contributed by atoms with Crippen LogP contribution in [0.4, 0.5) is 16.5 Å². The molecular formula is C15H18N4OS. The van der Waals surface area contributed by atoms with Crippen LogP contribution in [0.1, 0.15) is 17.7 Å². The number of amides is 1. The van der Waals surface area contributed by atoms with Gasteiger partial charge in [-0.2, -0.15) is 0 Å². The van der Waals surface area contributed by atoms with Gasteiger partial charge in [0.25, 0.3) is 0 Å². The lowest BCUT2D eigenvalue weighted by Gasteiger charge is -2.31. The fourth-order valence-electron chi connectivity index (χ4n) is 2.64. The molecule has 0 bridgehead atoms. The number of nitrogens with zero attached hydrogens (tertiary/aromatic N) is 2. The van der Waals surface area contributed by atoms with Crippen molar-refractivity contribution in [1.29, 1.82) is 0 Å². The molecule has 21 heavy (non-hydrogen) atoms. The minimum Gasteiger partial charge on any atom is -0.398 e. The second kappa shape index (κ2) is 5.73. The Hall–Kier alpha value is -2.08. The summed E-state index contributed by atoms with van der Waals surface area (Å²) in [4.78, 5) is 18.5. The van der Waals surface area contributed by atoms with Gasteiger partial charge in [-0.15, -0.1) is 11.3 Å². The molecule has 1 aromatic carbocycles. The molecule has 0 spiro atoms. The van der Waals surface area contributed by atoms with E-state index in [4.69, 9.17) is 5.73 Å². The Balaban J connectivity index is 1.71. The topological polar surface area (TPSA) is 71.2 Å². The number of aryl methyl sites for hydroxylation is 1. The van der Waals surface area contributed by atoms with Crippen LogP contribution in [0.5, 0.6) is 0 Å². The van der Waals surface area contributed by atoms with Gasteiger partial charge in [0.05, 0.1) is 12.2 Å². The number of nitrogens with two attached hydrogens (primary N) is 1. The number of nitrogens with one attached hydrogen (secondary N) is 1. The highest BCUT2D eigenvalue weighted by molar-refractivity contribution is 7.13. The third-order valence-corrected chi connectivity index (χ3v) is 4.46. The van der Waals surface area contributed by atoms with Crippen LogP contribution in [-0.4, -0.2) is 24.0 Å². The number of thiazole rings is 1. The Labute approximate surface area is 127 Å². The molecule has 2 heterocycles. The molecule has 0 unspecified atom stereocenters. The van der Waals surface area contributed by atoms with Crippen molar-refractivity contribution in [3.8, 4) is 0 Å². The van der Waals surface area contributed by atoms with E-state index in [1.807, 2.05) is 30.5 Å². The molecule has 0 fully saturated rings. The molecule has 0 radical (unpaired) electrons. The maximum absolute atomic E-state index is 12.2. The van der Waals surface area contributed by atoms with Crippen molar-refractivity contribution in [2.45, 2.75) is 19.8 Å². The van der Waals surface area contributed by atoms with Gasteiger partial charge in [0.2, 0.25) is 5.91 Å². The molecular weight excluding hydrogens is 284 g/mol. The number of nitrogen functional groups attached to an aromatic ring is 1. The third-order valence-electron chi connectivity index (χ3n) is 3.58. The van der Waals surface area contributed by atoms with Gasteiger partial charge in [0.15, 0.2) is 5.13 Å². The standard InChI is InChI=1S/C15H18N4OS/c1-10-9-21-15(17-10)18-14(20)8-19-7-3-4-11-12(16)5-2-6-13(11)19/h2,5-6,9H,3-4,7-8,16H2,1H3,(H,17,18,20). The molecule has 0 saturated heterocycles. The van der Waals surface area contributed by atoms with Crippen molar-refractivity contribution in [2.75, 3.05) is 29.0 Å². The van der Waals surface area contributed by atoms with Crippen LogP contribution in [0.3, 0.4) is 0 Å². The Kier molecular flexibility index (Phi) is 3.79. The summed E-state index contributed by atoms with van der Waals surface area (Å²) < 4.78 is 0. The van der Waals surface area contributed by atoms with Crippen LogP contribution in [-0.2, 0) is 11.2 Å². The Morgan fingerprint density at radius 3 is 3.14 bits per heavy atom. The van der Waals surface area contributed by atoms with E-state index in [0.29, 0.717) is 11.7 Å². The minimum atomic E-state index is -0.0420. The van der Waals surface area contributed by atoms with Gasteiger partial charge >= 0.3 is 0 Å². The third kappa shape index (κ3) is 3.00. The van der Waals surface area contributed by atoms with Gasteiger partial charge in [0, 0.05) is 23.3 Å². The first kappa shape index (κ1) is 13.9. The zero-order chi connectivity index (χ0) is 14.8. The van der Waals surface area contributed by atoms with Gasteiger partial charge in [0.1, 0.15) is 0 Å². The van der Waals surface area contributed by atoms with Crippen LogP contribution in [0, 0.1) is 6.92 Å². The Morgan fingerprint density at radius 1 is 1.52 bits per heavy atom. The smallest absolute Gasteiger partial charge is 0.245 e. The minimum absolute atomic E-state index is 0.0420. The lowest BCUT2D eigenvalue weighted by molar-refractivity contribution is -0.115. The zero-order valence-electron chi connectivity index (χ0n) is 11.9. The molecule has 1 amide bonds. The highest BCUT2D eigenvalue weighted by Crippen LogP contribution is 2.31. The van der Waals surface area contributed by atoms with Crippen LogP contribution < -0.4 is 16.0 Å². The van der Waals surface area contributed by atoms with Gasteiger partial charge in [-0.3, -0.25) is 4.79 Å². The molecule has 5 nitrogen and oxygen atoms in total. The summed E-state index contributed by atoms with van der Waals surface area (Å²) in [5, 5.41) is 5.43. The summed E-state index contributed by atoms with van der Waals surface area (Å²) in [5.74, 6) is -0.0420. The fourth-order valence-corrected chi connectivity index (χ4v) is 3.34. The monoisotopic (exact) mass is 302 g/mol. The van der Waals surface area contributed by atoms with Crippen LogP contribution in [0.2, 0.25) is 0 Å². The molecule has 3 rings (SSSR count). The first-order chi connectivity index (χ1) is 10.1. The predicted molar refractivity (Wildman–Crippen MR) is 86.9 cm³/mol. The number of benzene rings is 1. The summed E-state index contributed by atoms with van der Waals surface area (Å²) in [6.45, 7) is 3.12. The van der Waals surface area contributed by atoms with Gasteiger partial charge in [-0.25, -0.2) is 4.98 Å². The van der Waals surface area contributed by atoms with E-state index in [1.54, 1.807) is 0 Å². The van der Waals surface area contributed by atoms with Crippen LogP contribution in [0.15, 0.2) is 23.6 Å². The summed E-state index contributed by atoms with van der Waals surface area (Å²) >= 11 is 1.45. The van der Waals surface area contributed by atoms with Gasteiger partial charge in [-0.05, 0) is 37.5 Å². The van der Waals surface area contributed by atoms with Crippen molar-refractivity contribution < 1.29 is 4.79 Å². The second-order valence-corrected chi connectivity index (χ2v) is 6.07. The van der Waals surface area contributed by atoms with E-state index in [0.717, 1.165) is 42.0 Å². The number of hydrogen-bond acceptors (Lipinski definition) is 5. The summed E-state index contributed by atoms with van der Waals surface area (Å²) in [5.41, 5.74) is 9.99. The normalized spacial score (nSPS) is 13.9. The largest absolute Gasteiger partial charge is 0.398 e. The molecule has 1 aromatic heterocycles. The number of carbonyl (C=O) groups excluding carboxylic acids is 1.